The summed E-state index contributed by atoms with van der Waals surface area (Å²) >= 11 is 0. The minimum Gasteiger partial charge on any atom is -0.475 e. The van der Waals surface area contributed by atoms with E-state index in [-0.39, 0.29) is 11.5 Å². The Hall–Kier alpha value is -2.02. The van der Waals surface area contributed by atoms with E-state index < -0.39 is 11.8 Å². The summed E-state index contributed by atoms with van der Waals surface area (Å²) in [5.41, 5.74) is 0. The van der Waals surface area contributed by atoms with Crippen molar-refractivity contribution in [1.29, 1.82) is 0 Å². The van der Waals surface area contributed by atoms with Crippen molar-refractivity contribution >= 4 is 11.8 Å². The molecule has 13 heavy (non-hydrogen) atoms. The molecule has 4 heteroatoms. The van der Waals surface area contributed by atoms with Gasteiger partial charge in [-0.05, 0) is 25.0 Å². The Kier molecular flexibility index (Phi) is 2.50. The minimum atomic E-state index is -1.21. The van der Waals surface area contributed by atoms with Crippen LogP contribution in [0, 0.1) is 11.8 Å². The van der Waals surface area contributed by atoms with E-state index in [0.29, 0.717) is 0 Å². The van der Waals surface area contributed by atoms with Crippen molar-refractivity contribution in [3.05, 3.63) is 23.7 Å². The van der Waals surface area contributed by atoms with Gasteiger partial charge in [0.05, 0.1) is 0 Å². The van der Waals surface area contributed by atoms with Crippen LogP contribution in [0.25, 0.3) is 0 Å². The Labute approximate surface area is 74.2 Å². The zero-order valence-corrected chi connectivity index (χ0v) is 6.83. The first-order valence-corrected chi connectivity index (χ1v) is 3.45. The maximum atomic E-state index is 11.0. The van der Waals surface area contributed by atoms with Gasteiger partial charge in [0, 0.05) is 0 Å². The lowest BCUT2D eigenvalue weighted by molar-refractivity contribution is 0.0660. The van der Waals surface area contributed by atoms with Crippen LogP contribution in [-0.2, 0) is 0 Å². The number of hydrogen-bond acceptors (Lipinski definition) is 3. The van der Waals surface area contributed by atoms with Gasteiger partial charge in [-0.25, -0.2) is 4.79 Å². The molecule has 0 aliphatic heterocycles. The zero-order valence-electron chi connectivity index (χ0n) is 6.83. The summed E-state index contributed by atoms with van der Waals surface area (Å²) in [6, 6.07) is 2.50. The molecule has 66 valence electrons. The molecule has 0 atom stereocenters. The van der Waals surface area contributed by atoms with Gasteiger partial charge in [0.1, 0.15) is 0 Å². The monoisotopic (exact) mass is 178 g/mol. The number of carbonyl (C=O) groups excluding carboxylic acids is 1. The first-order valence-electron chi connectivity index (χ1n) is 3.45. The highest BCUT2D eigenvalue weighted by Gasteiger charge is 2.12. The topological polar surface area (TPSA) is 67.5 Å². The molecule has 0 saturated carbocycles. The van der Waals surface area contributed by atoms with Crippen molar-refractivity contribution in [2.75, 3.05) is 0 Å². The summed E-state index contributed by atoms with van der Waals surface area (Å²) in [5, 5.41) is 8.47. The molecule has 0 spiro atoms. The van der Waals surface area contributed by atoms with E-state index in [1.54, 1.807) is 0 Å². The Balaban J connectivity index is 2.96. The number of carboxylic acid groups (broad SMARTS) is 1. The van der Waals surface area contributed by atoms with Crippen LogP contribution in [0.3, 0.4) is 0 Å². The second kappa shape index (κ2) is 3.59. The third kappa shape index (κ3) is 1.97. The summed E-state index contributed by atoms with van der Waals surface area (Å²) < 4.78 is 4.71. The predicted octanol–water partition coefficient (Wildman–Crippen LogP) is 1.18. The second-order valence-electron chi connectivity index (χ2n) is 2.17. The summed E-state index contributed by atoms with van der Waals surface area (Å²) in [4.78, 5) is 21.4. The minimum absolute atomic E-state index is 0.0493. The number of ketones is 1. The van der Waals surface area contributed by atoms with Crippen molar-refractivity contribution in [3.63, 3.8) is 0 Å². The van der Waals surface area contributed by atoms with Crippen LogP contribution in [0.2, 0.25) is 0 Å². The van der Waals surface area contributed by atoms with Crippen LogP contribution >= 0.6 is 0 Å². The van der Waals surface area contributed by atoms with Crippen LogP contribution in [0.1, 0.15) is 28.0 Å². The van der Waals surface area contributed by atoms with E-state index in [9.17, 15) is 9.59 Å². The van der Waals surface area contributed by atoms with E-state index in [1.807, 2.05) is 0 Å². The molecule has 0 aliphatic rings. The molecule has 0 fully saturated rings. The van der Waals surface area contributed by atoms with Gasteiger partial charge in [0.2, 0.25) is 5.76 Å². The SMILES string of the molecule is CC#CC(=O)c1ccc(C(=O)O)o1. The number of hydrogen-bond donors (Lipinski definition) is 1. The van der Waals surface area contributed by atoms with Crippen LogP contribution in [0.15, 0.2) is 16.5 Å². The van der Waals surface area contributed by atoms with Crippen LogP contribution in [0.5, 0.6) is 0 Å². The molecule has 0 aromatic carbocycles. The quantitative estimate of drug-likeness (QED) is 0.419. The first-order chi connectivity index (χ1) is 6.15. The van der Waals surface area contributed by atoms with Gasteiger partial charge in [-0.2, -0.15) is 0 Å². The van der Waals surface area contributed by atoms with E-state index in [1.165, 1.54) is 19.1 Å². The Morgan fingerprint density at radius 3 is 2.46 bits per heavy atom. The number of aromatic carboxylic acids is 1. The summed E-state index contributed by atoms with van der Waals surface area (Å²) in [6.07, 6.45) is 0. The van der Waals surface area contributed by atoms with Crippen molar-refractivity contribution < 1.29 is 19.1 Å². The summed E-state index contributed by atoms with van der Waals surface area (Å²) in [6.45, 7) is 1.51. The molecule has 1 aromatic rings. The third-order valence-corrected chi connectivity index (χ3v) is 1.28. The maximum absolute atomic E-state index is 11.0. The van der Waals surface area contributed by atoms with Crippen molar-refractivity contribution in [1.82, 2.24) is 0 Å². The van der Waals surface area contributed by atoms with Crippen molar-refractivity contribution in [2.45, 2.75) is 6.92 Å². The first kappa shape index (κ1) is 9.07. The highest BCUT2D eigenvalue weighted by Crippen LogP contribution is 2.07. The fourth-order valence-electron chi connectivity index (χ4n) is 0.750. The molecular weight excluding hydrogens is 172 g/mol. The second-order valence-corrected chi connectivity index (χ2v) is 2.17. The summed E-state index contributed by atoms with van der Waals surface area (Å²) in [7, 11) is 0. The average molecular weight is 178 g/mol. The number of carboxylic acids is 1. The molecule has 0 bridgehead atoms. The van der Waals surface area contributed by atoms with Gasteiger partial charge in [0.15, 0.2) is 5.76 Å². The van der Waals surface area contributed by atoms with Gasteiger partial charge < -0.3 is 9.52 Å². The molecule has 0 unspecified atom stereocenters. The van der Waals surface area contributed by atoms with Gasteiger partial charge in [-0.3, -0.25) is 4.79 Å². The Morgan fingerprint density at radius 1 is 1.38 bits per heavy atom. The molecule has 1 aromatic heterocycles. The maximum Gasteiger partial charge on any atom is 0.371 e. The molecule has 1 heterocycles. The zero-order chi connectivity index (χ0) is 9.84. The number of Topliss-reactive ketones (excluding diaryl/α,β-unsaturated/α-hetero) is 1. The molecular formula is C9H6O4. The number of rotatable bonds is 2. The Bertz CT molecular complexity index is 403. The van der Waals surface area contributed by atoms with Gasteiger partial charge in [-0.15, -0.1) is 0 Å². The van der Waals surface area contributed by atoms with Crippen molar-refractivity contribution in [3.8, 4) is 11.8 Å². The molecule has 1 rings (SSSR count). The van der Waals surface area contributed by atoms with Gasteiger partial charge >= 0.3 is 5.97 Å². The molecule has 4 nitrogen and oxygen atoms in total. The lowest BCUT2D eigenvalue weighted by atomic mass is 10.3. The van der Waals surface area contributed by atoms with Crippen LogP contribution < -0.4 is 0 Å². The highest BCUT2D eigenvalue weighted by molar-refractivity contribution is 6.07. The fraction of sp³-hybridized carbons (Fsp3) is 0.111. The number of carbonyl (C=O) groups is 2. The van der Waals surface area contributed by atoms with Gasteiger partial charge in [0.25, 0.3) is 5.78 Å². The normalized spacial score (nSPS) is 8.69. The van der Waals surface area contributed by atoms with E-state index in [2.05, 4.69) is 11.8 Å². The largest absolute Gasteiger partial charge is 0.475 e. The molecule has 0 aliphatic carbocycles. The molecule has 0 radical (unpaired) electrons. The smallest absolute Gasteiger partial charge is 0.371 e. The molecule has 0 amide bonds. The third-order valence-electron chi connectivity index (χ3n) is 1.28. The van der Waals surface area contributed by atoms with Crippen molar-refractivity contribution in [2.24, 2.45) is 0 Å². The lowest BCUT2D eigenvalue weighted by Gasteiger charge is -1.85. The predicted molar refractivity (Wildman–Crippen MR) is 43.4 cm³/mol. The summed E-state index contributed by atoms with van der Waals surface area (Å²) in [5.74, 6) is 2.60. The average Bonchev–Trinajstić information content (AvgIpc) is 2.52. The molecule has 1 N–H and O–H groups in total. The number of furan rings is 1. The standard InChI is InChI=1S/C9H6O4/c1-2-3-6(10)7-4-5-8(13-7)9(11)12/h4-5H,1H3,(H,11,12). The lowest BCUT2D eigenvalue weighted by Crippen LogP contribution is -1.94. The van der Waals surface area contributed by atoms with Crippen LogP contribution in [0.4, 0.5) is 0 Å². The Morgan fingerprint density at radius 2 is 2.00 bits per heavy atom. The van der Waals surface area contributed by atoms with E-state index in [4.69, 9.17) is 9.52 Å². The molecule has 0 saturated heterocycles. The fourth-order valence-corrected chi connectivity index (χ4v) is 0.750. The van der Waals surface area contributed by atoms with E-state index >= 15 is 0 Å². The van der Waals surface area contributed by atoms with Crippen LogP contribution in [-0.4, -0.2) is 16.9 Å². The highest BCUT2D eigenvalue weighted by atomic mass is 16.4. The van der Waals surface area contributed by atoms with Gasteiger partial charge in [-0.1, -0.05) is 5.92 Å². The van der Waals surface area contributed by atoms with E-state index in [0.717, 1.165) is 0 Å².